The van der Waals surface area contributed by atoms with E-state index >= 15 is 0 Å². The minimum atomic E-state index is -0.165. The van der Waals surface area contributed by atoms with Gasteiger partial charge < -0.3 is 40.5 Å². The minimum absolute atomic E-state index is 0.152. The highest BCUT2D eigenvalue weighted by Crippen LogP contribution is 2.36. The lowest BCUT2D eigenvalue weighted by molar-refractivity contribution is 0.399. The third kappa shape index (κ3) is 5.17. The first-order chi connectivity index (χ1) is 17.4. The molecule has 36 heavy (non-hydrogen) atoms. The van der Waals surface area contributed by atoms with Crippen LogP contribution in [0.2, 0.25) is 0 Å². The van der Waals surface area contributed by atoms with E-state index in [1.54, 1.807) is 38.5 Å². The predicted molar refractivity (Wildman–Crippen MR) is 139 cm³/mol. The van der Waals surface area contributed by atoms with E-state index in [4.69, 9.17) is 9.47 Å². The van der Waals surface area contributed by atoms with Crippen LogP contribution in [-0.4, -0.2) is 34.6 Å². The van der Waals surface area contributed by atoms with Crippen LogP contribution in [0.15, 0.2) is 72.8 Å². The SMILES string of the molecule is COc1cc(-c2ccc(NCc3cccc(O)c3O)c(OC)c2)ccc1NCc1cccc(O)c1O. The van der Waals surface area contributed by atoms with Gasteiger partial charge in [-0.3, -0.25) is 0 Å². The van der Waals surface area contributed by atoms with Gasteiger partial charge in [0.1, 0.15) is 11.5 Å². The number of hydrogen-bond acceptors (Lipinski definition) is 8. The molecular formula is C28H28N2O6. The molecule has 0 fully saturated rings. The molecule has 0 aliphatic carbocycles. The molecule has 0 aromatic heterocycles. The topological polar surface area (TPSA) is 123 Å². The summed E-state index contributed by atoms with van der Waals surface area (Å²) >= 11 is 0. The maximum Gasteiger partial charge on any atom is 0.162 e. The summed E-state index contributed by atoms with van der Waals surface area (Å²) in [5.74, 6) is 0.603. The van der Waals surface area contributed by atoms with E-state index in [9.17, 15) is 20.4 Å². The molecule has 0 saturated carbocycles. The maximum absolute atomic E-state index is 10.0. The Hall–Kier alpha value is -4.72. The molecule has 4 aromatic rings. The van der Waals surface area contributed by atoms with Crippen molar-refractivity contribution in [2.24, 2.45) is 0 Å². The van der Waals surface area contributed by atoms with Gasteiger partial charge in [-0.05, 0) is 47.5 Å². The summed E-state index contributed by atoms with van der Waals surface area (Å²) in [4.78, 5) is 0. The Morgan fingerprint density at radius 3 is 1.39 bits per heavy atom. The van der Waals surface area contributed by atoms with Crippen molar-refractivity contribution in [3.05, 3.63) is 83.9 Å². The fourth-order valence-corrected chi connectivity index (χ4v) is 3.86. The maximum atomic E-state index is 10.0. The molecule has 0 heterocycles. The predicted octanol–water partition coefficient (Wildman–Crippen LogP) is 5.42. The third-order valence-corrected chi connectivity index (χ3v) is 5.87. The molecule has 186 valence electrons. The average Bonchev–Trinajstić information content (AvgIpc) is 2.90. The summed E-state index contributed by atoms with van der Waals surface area (Å²) in [6, 6.07) is 21.1. The zero-order chi connectivity index (χ0) is 25.7. The van der Waals surface area contributed by atoms with Crippen LogP contribution in [0, 0.1) is 0 Å². The first-order valence-corrected chi connectivity index (χ1v) is 11.2. The van der Waals surface area contributed by atoms with Crippen molar-refractivity contribution in [2.75, 3.05) is 24.9 Å². The lowest BCUT2D eigenvalue weighted by Crippen LogP contribution is -2.02. The molecule has 0 unspecified atom stereocenters. The zero-order valence-corrected chi connectivity index (χ0v) is 19.9. The number of rotatable bonds is 9. The number of ether oxygens (including phenoxy) is 2. The second-order valence-corrected chi connectivity index (χ2v) is 8.11. The van der Waals surface area contributed by atoms with Crippen LogP contribution >= 0.6 is 0 Å². The monoisotopic (exact) mass is 488 g/mol. The minimum Gasteiger partial charge on any atom is -0.504 e. The average molecular weight is 489 g/mol. The Bertz CT molecular complexity index is 1270. The number of anilines is 2. The van der Waals surface area contributed by atoms with Gasteiger partial charge in [-0.1, -0.05) is 36.4 Å². The molecule has 0 atom stereocenters. The van der Waals surface area contributed by atoms with Gasteiger partial charge in [0.15, 0.2) is 23.0 Å². The van der Waals surface area contributed by atoms with Crippen LogP contribution in [-0.2, 0) is 13.1 Å². The fraction of sp³-hybridized carbons (Fsp3) is 0.143. The standard InChI is InChI=1S/C28H28N2O6/c1-35-25-13-17(9-11-21(25)29-15-19-5-3-7-23(31)27(19)33)18-10-12-22(26(14-18)36-2)30-16-20-6-4-8-24(32)28(20)34/h3-14,29-34H,15-16H2,1-2H3. The number of methoxy groups -OCH3 is 2. The quantitative estimate of drug-likeness (QED) is 0.173. The molecule has 0 saturated heterocycles. The molecule has 8 nitrogen and oxygen atoms in total. The summed E-state index contributed by atoms with van der Waals surface area (Å²) in [6.07, 6.45) is 0. The normalized spacial score (nSPS) is 10.6. The van der Waals surface area contributed by atoms with E-state index in [0.29, 0.717) is 35.7 Å². The summed E-state index contributed by atoms with van der Waals surface area (Å²) in [5, 5.41) is 45.9. The molecule has 4 aromatic carbocycles. The number of hydrogen-bond donors (Lipinski definition) is 6. The van der Waals surface area contributed by atoms with Crippen LogP contribution in [0.25, 0.3) is 11.1 Å². The van der Waals surface area contributed by atoms with Crippen molar-refractivity contribution >= 4 is 11.4 Å². The van der Waals surface area contributed by atoms with E-state index in [1.165, 1.54) is 12.1 Å². The van der Waals surface area contributed by atoms with Crippen molar-refractivity contribution < 1.29 is 29.9 Å². The molecule has 0 amide bonds. The summed E-state index contributed by atoms with van der Waals surface area (Å²) in [6.45, 7) is 0.609. The van der Waals surface area contributed by atoms with Crippen LogP contribution < -0.4 is 20.1 Å². The lowest BCUT2D eigenvalue weighted by atomic mass is 10.0. The Morgan fingerprint density at radius 2 is 1.00 bits per heavy atom. The van der Waals surface area contributed by atoms with Crippen molar-refractivity contribution in [2.45, 2.75) is 13.1 Å². The number of benzene rings is 4. The van der Waals surface area contributed by atoms with Crippen molar-refractivity contribution in [1.82, 2.24) is 0 Å². The van der Waals surface area contributed by atoms with E-state index in [2.05, 4.69) is 10.6 Å². The largest absolute Gasteiger partial charge is 0.504 e. The van der Waals surface area contributed by atoms with E-state index in [-0.39, 0.29) is 23.0 Å². The summed E-state index contributed by atoms with van der Waals surface area (Å²) in [5.41, 5.74) is 4.42. The highest BCUT2D eigenvalue weighted by atomic mass is 16.5. The summed E-state index contributed by atoms with van der Waals surface area (Å²) < 4.78 is 11.2. The summed E-state index contributed by atoms with van der Waals surface area (Å²) in [7, 11) is 3.17. The van der Waals surface area contributed by atoms with Gasteiger partial charge in [0.25, 0.3) is 0 Å². The van der Waals surface area contributed by atoms with Gasteiger partial charge in [-0.2, -0.15) is 0 Å². The number of aromatic hydroxyl groups is 4. The molecule has 0 spiro atoms. The van der Waals surface area contributed by atoms with E-state index in [0.717, 1.165) is 22.5 Å². The highest BCUT2D eigenvalue weighted by Gasteiger charge is 2.12. The zero-order valence-electron chi connectivity index (χ0n) is 19.9. The number of phenols is 4. The molecule has 6 N–H and O–H groups in total. The Kier molecular flexibility index (Phi) is 7.25. The second kappa shape index (κ2) is 10.7. The van der Waals surface area contributed by atoms with Crippen molar-refractivity contribution in [3.63, 3.8) is 0 Å². The molecule has 4 rings (SSSR count). The molecule has 8 heteroatoms. The smallest absolute Gasteiger partial charge is 0.162 e. The highest BCUT2D eigenvalue weighted by molar-refractivity contribution is 5.75. The molecular weight excluding hydrogens is 460 g/mol. The number of nitrogens with one attached hydrogen (secondary N) is 2. The number of para-hydroxylation sites is 2. The Labute approximate surface area is 209 Å². The lowest BCUT2D eigenvalue weighted by Gasteiger charge is -2.16. The fourth-order valence-electron chi connectivity index (χ4n) is 3.86. The van der Waals surface area contributed by atoms with Gasteiger partial charge in [0.2, 0.25) is 0 Å². The first kappa shape index (κ1) is 24.4. The molecule has 0 aliphatic rings. The van der Waals surface area contributed by atoms with E-state index in [1.807, 2.05) is 36.4 Å². The molecule has 0 radical (unpaired) electrons. The Balaban J connectivity index is 1.52. The second-order valence-electron chi connectivity index (χ2n) is 8.11. The van der Waals surface area contributed by atoms with Crippen LogP contribution in [0.3, 0.4) is 0 Å². The first-order valence-electron chi connectivity index (χ1n) is 11.2. The van der Waals surface area contributed by atoms with Gasteiger partial charge in [0.05, 0.1) is 25.6 Å². The van der Waals surface area contributed by atoms with Crippen LogP contribution in [0.4, 0.5) is 11.4 Å². The van der Waals surface area contributed by atoms with Crippen molar-refractivity contribution in [3.8, 4) is 45.6 Å². The van der Waals surface area contributed by atoms with Gasteiger partial charge >= 0.3 is 0 Å². The van der Waals surface area contributed by atoms with Gasteiger partial charge in [-0.15, -0.1) is 0 Å². The van der Waals surface area contributed by atoms with Gasteiger partial charge in [0, 0.05) is 24.2 Å². The number of phenolic OH excluding ortho intramolecular Hbond substituents is 4. The molecule has 0 bridgehead atoms. The third-order valence-electron chi connectivity index (χ3n) is 5.87. The van der Waals surface area contributed by atoms with Crippen LogP contribution in [0.1, 0.15) is 11.1 Å². The Morgan fingerprint density at radius 1 is 0.583 bits per heavy atom. The van der Waals surface area contributed by atoms with Crippen molar-refractivity contribution in [1.29, 1.82) is 0 Å². The molecule has 0 aliphatic heterocycles. The van der Waals surface area contributed by atoms with E-state index < -0.39 is 0 Å². The van der Waals surface area contributed by atoms with Gasteiger partial charge in [-0.25, -0.2) is 0 Å². The van der Waals surface area contributed by atoms with Crippen LogP contribution in [0.5, 0.6) is 34.5 Å².